The van der Waals surface area contributed by atoms with E-state index >= 15 is 0 Å². The standard InChI is InChI=1S/C23H21N3O5S/c1-13-12-32-22(24-13)26-21(29)19(10-20(27)28)25-23(30)31-11-18-16-8-4-2-6-14(16)15-7-3-5-9-17(15)18/h2-9,12,18-19H,10-11H2,1H3,(H,25,30)(H,27,28)(H,24,26,29). The zero-order valence-corrected chi connectivity index (χ0v) is 18.0. The predicted octanol–water partition coefficient (Wildman–Crippen LogP) is 3.77. The number of nitrogens with one attached hydrogen (secondary N) is 2. The Morgan fingerprint density at radius 2 is 1.72 bits per heavy atom. The minimum absolute atomic E-state index is 0.0624. The van der Waals surface area contributed by atoms with Crippen molar-refractivity contribution in [2.45, 2.75) is 25.3 Å². The third-order valence-electron chi connectivity index (χ3n) is 5.18. The number of aromatic nitrogens is 1. The van der Waals surface area contributed by atoms with Crippen molar-refractivity contribution in [3.05, 3.63) is 70.7 Å². The number of fused-ring (bicyclic) bond motifs is 3. The number of hydrogen-bond acceptors (Lipinski definition) is 6. The van der Waals surface area contributed by atoms with Gasteiger partial charge in [0.05, 0.1) is 12.1 Å². The molecule has 1 heterocycles. The van der Waals surface area contributed by atoms with Gasteiger partial charge < -0.3 is 20.5 Å². The van der Waals surface area contributed by atoms with Gasteiger partial charge in [-0.15, -0.1) is 11.3 Å². The molecule has 0 aliphatic heterocycles. The number of carbonyl (C=O) groups excluding carboxylic acids is 2. The van der Waals surface area contributed by atoms with Crippen LogP contribution >= 0.6 is 11.3 Å². The molecule has 3 N–H and O–H groups in total. The fourth-order valence-corrected chi connectivity index (χ4v) is 4.46. The second kappa shape index (κ2) is 9.19. The molecule has 1 aliphatic carbocycles. The van der Waals surface area contributed by atoms with E-state index in [-0.39, 0.29) is 12.5 Å². The van der Waals surface area contributed by atoms with Crippen molar-refractivity contribution in [2.75, 3.05) is 11.9 Å². The Labute approximate surface area is 188 Å². The number of hydrogen-bond donors (Lipinski definition) is 3. The van der Waals surface area contributed by atoms with Crippen LogP contribution in [0.25, 0.3) is 11.1 Å². The lowest BCUT2D eigenvalue weighted by molar-refractivity contribution is -0.139. The van der Waals surface area contributed by atoms with Crippen LogP contribution in [-0.2, 0) is 14.3 Å². The smallest absolute Gasteiger partial charge is 0.407 e. The highest BCUT2D eigenvalue weighted by Crippen LogP contribution is 2.44. The van der Waals surface area contributed by atoms with E-state index in [1.165, 1.54) is 11.3 Å². The minimum Gasteiger partial charge on any atom is -0.481 e. The van der Waals surface area contributed by atoms with Gasteiger partial charge in [-0.3, -0.25) is 9.59 Å². The summed E-state index contributed by atoms with van der Waals surface area (Å²) in [5.41, 5.74) is 5.03. The monoisotopic (exact) mass is 451 g/mol. The van der Waals surface area contributed by atoms with Gasteiger partial charge in [0, 0.05) is 11.3 Å². The van der Waals surface area contributed by atoms with Gasteiger partial charge in [-0.05, 0) is 29.2 Å². The maximum absolute atomic E-state index is 12.5. The van der Waals surface area contributed by atoms with Crippen LogP contribution in [0.3, 0.4) is 0 Å². The highest BCUT2D eigenvalue weighted by molar-refractivity contribution is 7.13. The Bertz CT molecular complexity index is 1130. The van der Waals surface area contributed by atoms with Crippen LogP contribution in [0.2, 0.25) is 0 Å². The zero-order valence-electron chi connectivity index (χ0n) is 17.2. The first-order valence-electron chi connectivity index (χ1n) is 9.98. The molecule has 0 fully saturated rings. The number of amides is 2. The molecule has 164 valence electrons. The van der Waals surface area contributed by atoms with Gasteiger partial charge in [-0.2, -0.15) is 0 Å². The maximum atomic E-state index is 12.5. The number of nitrogens with zero attached hydrogens (tertiary/aromatic N) is 1. The van der Waals surface area contributed by atoms with E-state index in [1.807, 2.05) is 48.5 Å². The Hall–Kier alpha value is -3.72. The average molecular weight is 452 g/mol. The van der Waals surface area contributed by atoms with E-state index in [0.717, 1.165) is 27.9 Å². The highest BCUT2D eigenvalue weighted by atomic mass is 32.1. The molecule has 1 atom stereocenters. The number of alkyl carbamates (subject to hydrolysis) is 1. The first kappa shape index (κ1) is 21.5. The molecule has 1 aromatic heterocycles. The lowest BCUT2D eigenvalue weighted by Gasteiger charge is -2.18. The third kappa shape index (κ3) is 4.62. The third-order valence-corrected chi connectivity index (χ3v) is 6.06. The van der Waals surface area contributed by atoms with Crippen molar-refractivity contribution in [3.8, 4) is 11.1 Å². The molecule has 8 nitrogen and oxygen atoms in total. The largest absolute Gasteiger partial charge is 0.481 e. The summed E-state index contributed by atoms with van der Waals surface area (Å²) in [5, 5.41) is 16.1. The van der Waals surface area contributed by atoms with Crippen molar-refractivity contribution in [3.63, 3.8) is 0 Å². The molecule has 0 saturated heterocycles. The van der Waals surface area contributed by atoms with E-state index in [1.54, 1.807) is 12.3 Å². The number of ether oxygens (including phenoxy) is 1. The highest BCUT2D eigenvalue weighted by Gasteiger charge is 2.30. The molecule has 0 spiro atoms. The first-order chi connectivity index (χ1) is 15.4. The minimum atomic E-state index is -1.30. The quantitative estimate of drug-likeness (QED) is 0.503. The summed E-state index contributed by atoms with van der Waals surface area (Å²) in [6.45, 7) is 1.84. The average Bonchev–Trinajstić information content (AvgIpc) is 3.32. The molecule has 0 bridgehead atoms. The fourth-order valence-electron chi connectivity index (χ4n) is 3.77. The zero-order chi connectivity index (χ0) is 22.7. The number of thiazole rings is 1. The number of carbonyl (C=O) groups is 3. The topological polar surface area (TPSA) is 118 Å². The summed E-state index contributed by atoms with van der Waals surface area (Å²) in [6.07, 6.45) is -1.44. The molecule has 4 rings (SSSR count). The molecule has 3 aromatic rings. The lowest BCUT2D eigenvalue weighted by Crippen LogP contribution is -2.45. The van der Waals surface area contributed by atoms with Gasteiger partial charge >= 0.3 is 12.1 Å². The fraction of sp³-hybridized carbons (Fsp3) is 0.217. The SMILES string of the molecule is Cc1csc(NC(=O)C(CC(=O)O)NC(=O)OCC2c3ccccc3-c3ccccc32)n1. The molecule has 9 heteroatoms. The molecule has 2 aromatic carbocycles. The van der Waals surface area contributed by atoms with Gasteiger partial charge in [-0.1, -0.05) is 48.5 Å². The van der Waals surface area contributed by atoms with Crippen LogP contribution < -0.4 is 10.6 Å². The van der Waals surface area contributed by atoms with Gasteiger partial charge in [0.25, 0.3) is 0 Å². The van der Waals surface area contributed by atoms with E-state index < -0.39 is 30.4 Å². The first-order valence-corrected chi connectivity index (χ1v) is 10.9. The Balaban J connectivity index is 1.42. The van der Waals surface area contributed by atoms with Gasteiger partial charge in [-0.25, -0.2) is 9.78 Å². The van der Waals surface area contributed by atoms with Crippen LogP contribution in [0, 0.1) is 6.92 Å². The van der Waals surface area contributed by atoms with Crippen LogP contribution in [0.15, 0.2) is 53.9 Å². The molecule has 2 amide bonds. The molecule has 0 saturated carbocycles. The van der Waals surface area contributed by atoms with Crippen LogP contribution in [-0.4, -0.2) is 40.7 Å². The summed E-state index contributed by atoms with van der Waals surface area (Å²) in [7, 11) is 0. The van der Waals surface area contributed by atoms with Crippen molar-refractivity contribution < 1.29 is 24.2 Å². The maximum Gasteiger partial charge on any atom is 0.407 e. The van der Waals surface area contributed by atoms with Crippen LogP contribution in [0.1, 0.15) is 29.2 Å². The van der Waals surface area contributed by atoms with E-state index in [9.17, 15) is 14.4 Å². The number of carboxylic acid groups (broad SMARTS) is 1. The Morgan fingerprint density at radius 1 is 1.09 bits per heavy atom. The van der Waals surface area contributed by atoms with Gasteiger partial charge in [0.1, 0.15) is 12.6 Å². The molecule has 1 unspecified atom stereocenters. The Morgan fingerprint density at radius 3 is 2.28 bits per heavy atom. The van der Waals surface area contributed by atoms with E-state index in [4.69, 9.17) is 9.84 Å². The summed E-state index contributed by atoms with van der Waals surface area (Å²) >= 11 is 1.21. The Kier molecular flexibility index (Phi) is 6.18. The molecule has 32 heavy (non-hydrogen) atoms. The molecule has 0 radical (unpaired) electrons. The number of aryl methyl sites for hydroxylation is 1. The summed E-state index contributed by atoms with van der Waals surface area (Å²) in [6, 6.07) is 14.6. The summed E-state index contributed by atoms with van der Waals surface area (Å²) < 4.78 is 5.42. The van der Waals surface area contributed by atoms with Gasteiger partial charge in [0.15, 0.2) is 5.13 Å². The number of benzene rings is 2. The normalized spacial score (nSPS) is 13.0. The van der Waals surface area contributed by atoms with Crippen molar-refractivity contribution in [1.29, 1.82) is 0 Å². The van der Waals surface area contributed by atoms with Gasteiger partial charge in [0.2, 0.25) is 5.91 Å². The van der Waals surface area contributed by atoms with Crippen LogP contribution in [0.5, 0.6) is 0 Å². The van der Waals surface area contributed by atoms with Crippen molar-refractivity contribution in [1.82, 2.24) is 10.3 Å². The summed E-state index contributed by atoms with van der Waals surface area (Å²) in [4.78, 5) is 40.3. The molecular weight excluding hydrogens is 430 g/mol. The number of carboxylic acids is 1. The molecular formula is C23H21N3O5S. The van der Waals surface area contributed by atoms with Crippen molar-refractivity contribution in [2.24, 2.45) is 0 Å². The van der Waals surface area contributed by atoms with E-state index in [2.05, 4.69) is 15.6 Å². The predicted molar refractivity (Wildman–Crippen MR) is 120 cm³/mol. The number of anilines is 1. The number of rotatable bonds is 7. The summed E-state index contributed by atoms with van der Waals surface area (Å²) in [5.74, 6) is -2.03. The number of aliphatic carboxylic acids is 1. The second-order valence-electron chi connectivity index (χ2n) is 7.40. The van der Waals surface area contributed by atoms with Crippen molar-refractivity contribution >= 4 is 34.4 Å². The molecule has 1 aliphatic rings. The van der Waals surface area contributed by atoms with E-state index in [0.29, 0.717) is 5.13 Å². The lowest BCUT2D eigenvalue weighted by atomic mass is 9.98. The second-order valence-corrected chi connectivity index (χ2v) is 8.26. The van der Waals surface area contributed by atoms with Crippen LogP contribution in [0.4, 0.5) is 9.93 Å².